The molecule has 1 amide bonds. The fourth-order valence-corrected chi connectivity index (χ4v) is 0.890. The van der Waals surface area contributed by atoms with E-state index in [1.165, 1.54) is 11.1 Å². The summed E-state index contributed by atoms with van der Waals surface area (Å²) in [6.07, 6.45) is 2.84. The van der Waals surface area contributed by atoms with Crippen molar-refractivity contribution < 1.29 is 9.53 Å². The summed E-state index contributed by atoms with van der Waals surface area (Å²) in [5.74, 6) is 0. The van der Waals surface area contributed by atoms with Gasteiger partial charge in [-0.05, 0) is 39.5 Å². The second kappa shape index (κ2) is 6.93. The predicted molar refractivity (Wildman–Crippen MR) is 70.2 cm³/mol. The lowest BCUT2D eigenvalue weighted by molar-refractivity contribution is 0.0304. The third-order valence-corrected chi connectivity index (χ3v) is 1.83. The number of carbonyl (C=O) groups excluding carboxylic acids is 1. The number of ether oxygens (including phenoxy) is 1. The normalized spacial score (nSPS) is 12.9. The van der Waals surface area contributed by atoms with Gasteiger partial charge >= 0.3 is 6.09 Å². The molecule has 98 valence electrons. The summed E-state index contributed by atoms with van der Waals surface area (Å²) >= 11 is 0. The molecule has 0 unspecified atom stereocenters. The van der Waals surface area contributed by atoms with Gasteiger partial charge in [0.2, 0.25) is 0 Å². The molecule has 0 bridgehead atoms. The fourth-order valence-electron chi connectivity index (χ4n) is 0.890. The molecule has 5 nitrogen and oxygen atoms in total. The lowest BCUT2D eigenvalue weighted by Crippen LogP contribution is -2.35. The zero-order valence-corrected chi connectivity index (χ0v) is 11.4. The van der Waals surface area contributed by atoms with E-state index in [1.807, 2.05) is 27.7 Å². The average molecular weight is 241 g/mol. The number of aliphatic imine (C=N–C) groups is 1. The van der Waals surface area contributed by atoms with Crippen molar-refractivity contribution in [1.82, 2.24) is 4.90 Å². The third kappa shape index (κ3) is 8.30. The summed E-state index contributed by atoms with van der Waals surface area (Å²) in [7, 11) is 1.69. The highest BCUT2D eigenvalue weighted by Gasteiger charge is 2.18. The van der Waals surface area contributed by atoms with E-state index in [1.54, 1.807) is 13.3 Å². The van der Waals surface area contributed by atoms with Gasteiger partial charge in [-0.1, -0.05) is 0 Å². The van der Waals surface area contributed by atoms with E-state index in [9.17, 15) is 4.79 Å². The number of hydrogen-bond donors (Lipinski definition) is 1. The van der Waals surface area contributed by atoms with Crippen LogP contribution in [-0.2, 0) is 4.74 Å². The Kier molecular flexibility index (Phi) is 6.31. The van der Waals surface area contributed by atoms with Crippen molar-refractivity contribution in [1.29, 1.82) is 0 Å². The van der Waals surface area contributed by atoms with Crippen LogP contribution >= 0.6 is 0 Å². The lowest BCUT2D eigenvalue weighted by Gasteiger charge is -2.24. The van der Waals surface area contributed by atoms with Crippen LogP contribution in [0.25, 0.3) is 0 Å². The van der Waals surface area contributed by atoms with Gasteiger partial charge in [-0.25, -0.2) is 4.79 Å². The van der Waals surface area contributed by atoms with Crippen molar-refractivity contribution in [3.63, 3.8) is 0 Å². The maximum Gasteiger partial charge on any atom is 0.410 e. The number of hydrogen-bond acceptors (Lipinski definition) is 4. The molecule has 0 fully saturated rings. The van der Waals surface area contributed by atoms with Gasteiger partial charge < -0.3 is 15.4 Å². The Balaban J connectivity index is 3.99. The monoisotopic (exact) mass is 241 g/mol. The van der Waals surface area contributed by atoms with E-state index in [0.717, 1.165) is 5.57 Å². The highest BCUT2D eigenvalue weighted by molar-refractivity contribution is 5.77. The Morgan fingerprint density at radius 2 is 2.06 bits per heavy atom. The standard InChI is InChI=1S/C12H23N3O2/c1-10(8-13)9-14-6-7-15(5)11(16)17-12(2,3)4/h8-9H,6-7,13H2,1-5H3. The Morgan fingerprint density at radius 1 is 1.47 bits per heavy atom. The second-order valence-corrected chi connectivity index (χ2v) is 4.85. The molecule has 0 aromatic heterocycles. The number of allylic oxidation sites excluding steroid dienone is 1. The minimum absolute atomic E-state index is 0.334. The van der Waals surface area contributed by atoms with E-state index >= 15 is 0 Å². The molecule has 0 atom stereocenters. The zero-order valence-electron chi connectivity index (χ0n) is 11.4. The van der Waals surface area contributed by atoms with Crippen LogP contribution in [0.5, 0.6) is 0 Å². The van der Waals surface area contributed by atoms with Crippen molar-refractivity contribution in [3.8, 4) is 0 Å². The smallest absolute Gasteiger partial charge is 0.410 e. The highest BCUT2D eigenvalue weighted by atomic mass is 16.6. The molecule has 0 saturated carbocycles. The molecule has 5 heteroatoms. The maximum atomic E-state index is 11.6. The number of nitrogens with zero attached hydrogens (tertiary/aromatic N) is 2. The van der Waals surface area contributed by atoms with Gasteiger partial charge in [0, 0.05) is 19.8 Å². The Morgan fingerprint density at radius 3 is 2.53 bits per heavy atom. The molecule has 2 N–H and O–H groups in total. The number of nitrogens with two attached hydrogens (primary N) is 1. The van der Waals surface area contributed by atoms with Crippen molar-refractivity contribution >= 4 is 12.3 Å². The number of likely N-dealkylation sites (N-methyl/N-ethyl adjacent to an activating group) is 1. The van der Waals surface area contributed by atoms with E-state index in [0.29, 0.717) is 13.1 Å². The SMILES string of the molecule is CC(C=NCCN(C)C(=O)OC(C)(C)C)=CN. The van der Waals surface area contributed by atoms with E-state index < -0.39 is 5.60 Å². The molecular weight excluding hydrogens is 218 g/mol. The van der Waals surface area contributed by atoms with Crippen LogP contribution in [0, 0.1) is 0 Å². The van der Waals surface area contributed by atoms with Crippen molar-refractivity contribution in [2.75, 3.05) is 20.1 Å². The van der Waals surface area contributed by atoms with Crippen LogP contribution in [0.1, 0.15) is 27.7 Å². The molecule has 0 spiro atoms. The van der Waals surface area contributed by atoms with Gasteiger partial charge in [-0.15, -0.1) is 0 Å². The molecule has 0 rings (SSSR count). The van der Waals surface area contributed by atoms with E-state index in [-0.39, 0.29) is 6.09 Å². The van der Waals surface area contributed by atoms with Crippen LogP contribution in [0.15, 0.2) is 16.8 Å². The van der Waals surface area contributed by atoms with Crippen molar-refractivity contribution in [2.45, 2.75) is 33.3 Å². The van der Waals surface area contributed by atoms with E-state index in [4.69, 9.17) is 10.5 Å². The largest absolute Gasteiger partial charge is 0.444 e. The molecule has 0 heterocycles. The molecule has 0 radical (unpaired) electrons. The molecule has 0 aliphatic heterocycles. The zero-order chi connectivity index (χ0) is 13.5. The number of amides is 1. The van der Waals surface area contributed by atoms with Crippen LogP contribution in [-0.4, -0.2) is 42.9 Å². The minimum atomic E-state index is -0.465. The first-order chi connectivity index (χ1) is 7.76. The predicted octanol–water partition coefficient (Wildman–Crippen LogP) is 1.79. The van der Waals surface area contributed by atoms with Gasteiger partial charge in [-0.2, -0.15) is 0 Å². The maximum absolute atomic E-state index is 11.6. The quantitative estimate of drug-likeness (QED) is 0.763. The Bertz CT molecular complexity index is 303. The minimum Gasteiger partial charge on any atom is -0.444 e. The fraction of sp³-hybridized carbons (Fsp3) is 0.667. The molecule has 0 aromatic carbocycles. The molecule has 17 heavy (non-hydrogen) atoms. The first-order valence-corrected chi connectivity index (χ1v) is 5.58. The molecule has 0 aliphatic carbocycles. The average Bonchev–Trinajstić information content (AvgIpc) is 2.21. The summed E-state index contributed by atoms with van der Waals surface area (Å²) in [5.41, 5.74) is 5.72. The first kappa shape index (κ1) is 15.5. The van der Waals surface area contributed by atoms with Crippen LogP contribution < -0.4 is 5.73 Å². The summed E-state index contributed by atoms with van der Waals surface area (Å²) in [6.45, 7) is 8.43. The van der Waals surface area contributed by atoms with Crippen LogP contribution in [0.2, 0.25) is 0 Å². The lowest BCUT2D eigenvalue weighted by atomic mass is 10.2. The van der Waals surface area contributed by atoms with Gasteiger partial charge in [-0.3, -0.25) is 4.99 Å². The Labute approximate surface area is 103 Å². The van der Waals surface area contributed by atoms with Gasteiger partial charge in [0.15, 0.2) is 0 Å². The molecule has 0 aromatic rings. The summed E-state index contributed by atoms with van der Waals surface area (Å²) in [6, 6.07) is 0. The second-order valence-electron chi connectivity index (χ2n) is 4.85. The first-order valence-electron chi connectivity index (χ1n) is 5.58. The number of rotatable bonds is 4. The van der Waals surface area contributed by atoms with Crippen LogP contribution in [0.4, 0.5) is 4.79 Å². The highest BCUT2D eigenvalue weighted by Crippen LogP contribution is 2.08. The number of carbonyl (C=O) groups is 1. The van der Waals surface area contributed by atoms with Crippen LogP contribution in [0.3, 0.4) is 0 Å². The van der Waals surface area contributed by atoms with Crippen molar-refractivity contribution in [3.05, 3.63) is 11.8 Å². The topological polar surface area (TPSA) is 67.9 Å². The molecule has 0 saturated heterocycles. The van der Waals surface area contributed by atoms with Gasteiger partial charge in [0.25, 0.3) is 0 Å². The summed E-state index contributed by atoms with van der Waals surface area (Å²) in [5, 5.41) is 0. The Hall–Kier alpha value is -1.52. The summed E-state index contributed by atoms with van der Waals surface area (Å²) in [4.78, 5) is 17.2. The van der Waals surface area contributed by atoms with E-state index in [2.05, 4.69) is 4.99 Å². The summed E-state index contributed by atoms with van der Waals surface area (Å²) < 4.78 is 5.20. The molecule has 0 aliphatic rings. The molecular formula is C12H23N3O2. The van der Waals surface area contributed by atoms with Gasteiger partial charge in [0.1, 0.15) is 5.60 Å². The van der Waals surface area contributed by atoms with Gasteiger partial charge in [0.05, 0.1) is 6.54 Å². The van der Waals surface area contributed by atoms with Crippen molar-refractivity contribution in [2.24, 2.45) is 10.7 Å². The third-order valence-electron chi connectivity index (χ3n) is 1.83.